The van der Waals surface area contributed by atoms with Crippen LogP contribution in [0, 0.1) is 5.92 Å². The molecule has 0 aromatic heterocycles. The number of hydrogen-bond donors (Lipinski definition) is 3. The summed E-state index contributed by atoms with van der Waals surface area (Å²) in [6.45, 7) is 2.15. The number of aliphatic carboxylic acids is 3. The van der Waals surface area contributed by atoms with Crippen LogP contribution < -0.4 is 0 Å². The van der Waals surface area contributed by atoms with Crippen LogP contribution in [-0.4, -0.2) is 72.7 Å². The molecule has 1 heterocycles. The summed E-state index contributed by atoms with van der Waals surface area (Å²) >= 11 is 2.70. The van der Waals surface area contributed by atoms with E-state index in [4.69, 9.17) is 10.2 Å². The molecular formula is C26H29NO8S2. The third-order valence-electron chi connectivity index (χ3n) is 5.33. The number of hydrogen-bond acceptors (Lipinski definition) is 7. The van der Waals surface area contributed by atoms with Crippen molar-refractivity contribution in [1.29, 1.82) is 0 Å². The van der Waals surface area contributed by atoms with Gasteiger partial charge in [0.15, 0.2) is 0 Å². The summed E-state index contributed by atoms with van der Waals surface area (Å²) in [6, 6.07) is 17.9. The molecule has 198 valence electrons. The number of amides is 1. The number of benzene rings is 2. The summed E-state index contributed by atoms with van der Waals surface area (Å²) in [5.74, 6) is -3.45. The first-order valence-corrected chi connectivity index (χ1v) is 13.4. The van der Waals surface area contributed by atoms with E-state index in [0.29, 0.717) is 24.3 Å². The van der Waals surface area contributed by atoms with Gasteiger partial charge in [0.25, 0.3) is 0 Å². The minimum Gasteiger partial charge on any atom is -0.481 e. The molecule has 0 unspecified atom stereocenters. The molecule has 37 heavy (non-hydrogen) atoms. The minimum absolute atomic E-state index is 0.0354. The first-order valence-electron chi connectivity index (χ1n) is 11.5. The predicted molar refractivity (Wildman–Crippen MR) is 141 cm³/mol. The Morgan fingerprint density at radius 1 is 0.892 bits per heavy atom. The van der Waals surface area contributed by atoms with Crippen LogP contribution >= 0.6 is 23.5 Å². The molecule has 1 amide bonds. The smallest absolute Gasteiger partial charge is 0.326 e. The van der Waals surface area contributed by atoms with E-state index in [0.717, 1.165) is 16.7 Å². The average molecular weight is 548 g/mol. The molecule has 11 heteroatoms. The van der Waals surface area contributed by atoms with Gasteiger partial charge >= 0.3 is 17.9 Å². The number of rotatable bonds is 10. The molecule has 0 radical (unpaired) electrons. The number of carbonyl (C=O) groups excluding carboxylic acids is 2. The maximum atomic E-state index is 12.9. The molecular weight excluding hydrogens is 518 g/mol. The largest absolute Gasteiger partial charge is 0.481 e. The summed E-state index contributed by atoms with van der Waals surface area (Å²) in [4.78, 5) is 58.7. The van der Waals surface area contributed by atoms with Crippen molar-refractivity contribution in [2.45, 2.75) is 42.4 Å². The Hall–Kier alpha value is -3.31. The summed E-state index contributed by atoms with van der Waals surface area (Å²) in [5, 5.41) is 25.4. The van der Waals surface area contributed by atoms with E-state index in [1.165, 1.54) is 4.90 Å². The Kier molecular flexibility index (Phi) is 12.2. The molecule has 0 aliphatic carbocycles. The maximum absolute atomic E-state index is 12.9. The number of thioether (sulfide) groups is 2. The first kappa shape index (κ1) is 29.9. The van der Waals surface area contributed by atoms with Gasteiger partial charge in [-0.25, -0.2) is 4.79 Å². The number of carboxylic acids is 3. The molecule has 1 aliphatic rings. The van der Waals surface area contributed by atoms with E-state index in [9.17, 15) is 29.1 Å². The third-order valence-corrected chi connectivity index (χ3v) is 7.71. The molecule has 9 nitrogen and oxygen atoms in total. The first-order chi connectivity index (χ1) is 17.6. The Balaban J connectivity index is 0.000000521. The zero-order chi connectivity index (χ0) is 27.4. The van der Waals surface area contributed by atoms with Crippen molar-refractivity contribution in [2.75, 3.05) is 12.3 Å². The maximum Gasteiger partial charge on any atom is 0.326 e. The minimum atomic E-state index is -1.08. The van der Waals surface area contributed by atoms with Gasteiger partial charge < -0.3 is 20.2 Å². The van der Waals surface area contributed by atoms with Gasteiger partial charge in [-0.05, 0) is 18.6 Å². The van der Waals surface area contributed by atoms with Crippen LogP contribution in [0.5, 0.6) is 0 Å². The molecule has 2 aromatic rings. The zero-order valence-corrected chi connectivity index (χ0v) is 21.8. The molecule has 3 atom stereocenters. The Morgan fingerprint density at radius 2 is 1.43 bits per heavy atom. The van der Waals surface area contributed by atoms with E-state index in [2.05, 4.69) is 0 Å². The van der Waals surface area contributed by atoms with E-state index in [-0.39, 0.29) is 29.1 Å². The van der Waals surface area contributed by atoms with Crippen LogP contribution in [0.1, 0.15) is 36.5 Å². The van der Waals surface area contributed by atoms with Gasteiger partial charge in [-0.2, -0.15) is 0 Å². The highest BCUT2D eigenvalue weighted by Crippen LogP contribution is 2.34. The number of carbonyl (C=O) groups is 5. The second-order valence-corrected chi connectivity index (χ2v) is 10.7. The summed E-state index contributed by atoms with van der Waals surface area (Å²) in [7, 11) is 0. The van der Waals surface area contributed by atoms with Crippen LogP contribution in [0.4, 0.5) is 0 Å². The lowest BCUT2D eigenvalue weighted by atomic mass is 10.1. The van der Waals surface area contributed by atoms with Crippen LogP contribution in [0.3, 0.4) is 0 Å². The van der Waals surface area contributed by atoms with Crippen molar-refractivity contribution in [3.8, 4) is 0 Å². The fourth-order valence-electron chi connectivity index (χ4n) is 3.48. The Labute approximate surface area is 223 Å². The second-order valence-electron chi connectivity index (χ2n) is 8.29. The lowest BCUT2D eigenvalue weighted by Crippen LogP contribution is -2.43. The summed E-state index contributed by atoms with van der Waals surface area (Å²) in [5.41, 5.74) is 0.598. The third kappa shape index (κ3) is 10.3. The predicted octanol–water partition coefficient (Wildman–Crippen LogP) is 3.98. The summed E-state index contributed by atoms with van der Waals surface area (Å²) < 4.78 is 0. The van der Waals surface area contributed by atoms with E-state index < -0.39 is 29.9 Å². The topological polar surface area (TPSA) is 149 Å². The number of likely N-dealkylation sites (tertiary alicyclic amines) is 1. The van der Waals surface area contributed by atoms with Gasteiger partial charge in [0.2, 0.25) is 11.0 Å². The molecule has 1 saturated heterocycles. The molecule has 3 N–H and O–H groups in total. The quantitative estimate of drug-likeness (QED) is 0.399. The Morgan fingerprint density at radius 3 is 1.95 bits per heavy atom. The van der Waals surface area contributed by atoms with Crippen molar-refractivity contribution < 1.29 is 39.3 Å². The summed E-state index contributed by atoms with van der Waals surface area (Å²) in [6.07, 6.45) is -0.173. The Bertz CT molecular complexity index is 1070. The zero-order valence-electron chi connectivity index (χ0n) is 20.2. The highest BCUT2D eigenvalue weighted by atomic mass is 32.2. The molecule has 0 bridgehead atoms. The van der Waals surface area contributed by atoms with Gasteiger partial charge in [0.05, 0.1) is 12.8 Å². The monoisotopic (exact) mass is 547 g/mol. The molecule has 1 fully saturated rings. The number of nitrogens with zero attached hydrogens (tertiary/aromatic N) is 1. The van der Waals surface area contributed by atoms with E-state index in [1.807, 2.05) is 36.4 Å². The lowest BCUT2D eigenvalue weighted by molar-refractivity contribution is -0.149. The molecule has 0 saturated carbocycles. The number of carboxylic acid groups (broad SMARTS) is 3. The van der Waals surface area contributed by atoms with E-state index >= 15 is 0 Å². The highest BCUT2D eigenvalue weighted by molar-refractivity contribution is 8.14. The van der Waals surface area contributed by atoms with Crippen molar-refractivity contribution in [1.82, 2.24) is 4.90 Å². The van der Waals surface area contributed by atoms with Crippen LogP contribution in [0.25, 0.3) is 0 Å². The van der Waals surface area contributed by atoms with Crippen molar-refractivity contribution >= 4 is 52.5 Å². The molecule has 0 spiro atoms. The van der Waals surface area contributed by atoms with Gasteiger partial charge in [-0.3, -0.25) is 19.2 Å². The fraction of sp³-hybridized carbons (Fsp3) is 0.346. The molecule has 2 aromatic carbocycles. The standard InChI is InChI=1S/C22H23NO4S2.C4H6O4/c1-15(14-28-22(27)16-8-4-2-5-9-16)20(24)23-13-18(12-19(23)21(25)26)29-17-10-6-3-7-11-17;5-3(6)1-2-4(7)8/h2-11,15,18-19H,12-14H2,1H3,(H,25,26);1-2H2,(H,5,6)(H,7,8)/t15-,18+,19+;/m1./s1. The fourth-order valence-corrected chi connectivity index (χ4v) is 5.54. The van der Waals surface area contributed by atoms with Gasteiger partial charge in [0.1, 0.15) is 6.04 Å². The van der Waals surface area contributed by atoms with E-state index in [1.54, 1.807) is 43.0 Å². The van der Waals surface area contributed by atoms with Gasteiger partial charge in [0, 0.05) is 33.9 Å². The van der Waals surface area contributed by atoms with Crippen LogP contribution in [-0.2, 0) is 19.2 Å². The SMILES string of the molecule is C[C@H](CSC(=O)c1ccccc1)C(=O)N1C[C@@H](Sc2ccccc2)C[C@H]1C(=O)O.O=C(O)CCC(=O)O. The van der Waals surface area contributed by atoms with Gasteiger partial charge in [-0.1, -0.05) is 67.2 Å². The van der Waals surface area contributed by atoms with Crippen LogP contribution in [0.2, 0.25) is 0 Å². The van der Waals surface area contributed by atoms with Gasteiger partial charge in [-0.15, -0.1) is 11.8 Å². The molecule has 3 rings (SSSR count). The van der Waals surface area contributed by atoms with Crippen molar-refractivity contribution in [2.24, 2.45) is 5.92 Å². The van der Waals surface area contributed by atoms with Crippen LogP contribution in [0.15, 0.2) is 65.6 Å². The van der Waals surface area contributed by atoms with Crippen molar-refractivity contribution in [3.05, 3.63) is 66.2 Å². The lowest BCUT2D eigenvalue weighted by Gasteiger charge is -2.24. The average Bonchev–Trinajstić information content (AvgIpc) is 3.31. The highest BCUT2D eigenvalue weighted by Gasteiger charge is 2.41. The second kappa shape index (κ2) is 15.1. The normalized spacial score (nSPS) is 17.3. The molecule has 1 aliphatic heterocycles. The van der Waals surface area contributed by atoms with Crippen molar-refractivity contribution in [3.63, 3.8) is 0 Å².